The number of carbonyl (C=O) groups excluding carboxylic acids is 2. The first-order chi connectivity index (χ1) is 10.1. The predicted molar refractivity (Wildman–Crippen MR) is 75.1 cm³/mol. The molecule has 0 saturated carbocycles. The Bertz CT molecular complexity index is 546. The normalized spacial score (nSPS) is 22.6. The largest absolute Gasteiger partial charge is 0.336 e. The zero-order chi connectivity index (χ0) is 14.8. The van der Waals surface area contributed by atoms with E-state index in [4.69, 9.17) is 0 Å². The molecule has 5 nitrogen and oxygen atoms in total. The number of nitrogens with one attached hydrogen (secondary N) is 1. The molecular formula is C15H18FN3O2. The highest BCUT2D eigenvalue weighted by Crippen LogP contribution is 2.31. The van der Waals surface area contributed by atoms with Crippen LogP contribution < -0.4 is 5.32 Å². The van der Waals surface area contributed by atoms with Crippen molar-refractivity contribution in [2.75, 3.05) is 26.2 Å². The molecule has 1 N–H and O–H groups in total. The van der Waals surface area contributed by atoms with E-state index in [-0.39, 0.29) is 30.3 Å². The Morgan fingerprint density at radius 1 is 1.29 bits per heavy atom. The van der Waals surface area contributed by atoms with E-state index in [0.717, 1.165) is 24.9 Å². The van der Waals surface area contributed by atoms with Crippen LogP contribution in [0.5, 0.6) is 0 Å². The molecule has 0 aliphatic carbocycles. The molecule has 3 rings (SSSR count). The summed E-state index contributed by atoms with van der Waals surface area (Å²) in [5.74, 6) is -0.424. The molecular weight excluding hydrogens is 273 g/mol. The van der Waals surface area contributed by atoms with Crippen LogP contribution in [0.4, 0.5) is 9.18 Å². The molecule has 0 spiro atoms. The Kier molecular flexibility index (Phi) is 3.88. The monoisotopic (exact) mass is 291 g/mol. The van der Waals surface area contributed by atoms with Crippen LogP contribution in [0.15, 0.2) is 24.3 Å². The summed E-state index contributed by atoms with van der Waals surface area (Å²) in [5, 5.41) is 2.63. The standard InChI is InChI=1S/C15H18FN3O2/c16-12-5-3-11(4-6-12)13-2-1-8-18(13)10-14(20)19-9-7-17-15(19)21/h3-6,13H,1-2,7-10H2,(H,17,21)/t13-/m1/s1. The van der Waals surface area contributed by atoms with Crippen molar-refractivity contribution < 1.29 is 14.0 Å². The molecule has 2 fully saturated rings. The molecule has 1 atom stereocenters. The van der Waals surface area contributed by atoms with Crippen LogP contribution in [0.3, 0.4) is 0 Å². The lowest BCUT2D eigenvalue weighted by Crippen LogP contribution is -2.41. The second-order valence-electron chi connectivity index (χ2n) is 5.46. The average Bonchev–Trinajstić information content (AvgIpc) is 3.09. The lowest BCUT2D eigenvalue weighted by molar-refractivity contribution is -0.129. The number of halogens is 1. The van der Waals surface area contributed by atoms with Gasteiger partial charge in [-0.1, -0.05) is 12.1 Å². The van der Waals surface area contributed by atoms with Gasteiger partial charge in [-0.3, -0.25) is 14.6 Å². The van der Waals surface area contributed by atoms with Crippen LogP contribution in [0, 0.1) is 5.82 Å². The van der Waals surface area contributed by atoms with Crippen LogP contribution in [0.1, 0.15) is 24.4 Å². The number of hydrogen-bond acceptors (Lipinski definition) is 3. The molecule has 0 radical (unpaired) electrons. The molecule has 2 heterocycles. The minimum Gasteiger partial charge on any atom is -0.336 e. The third kappa shape index (κ3) is 2.90. The Balaban J connectivity index is 1.68. The lowest BCUT2D eigenvalue weighted by Gasteiger charge is -2.25. The molecule has 6 heteroatoms. The fourth-order valence-electron chi connectivity index (χ4n) is 3.05. The number of imide groups is 1. The van der Waals surface area contributed by atoms with Crippen LogP contribution in [-0.4, -0.2) is 47.9 Å². The van der Waals surface area contributed by atoms with Crippen molar-refractivity contribution in [3.63, 3.8) is 0 Å². The van der Waals surface area contributed by atoms with E-state index in [2.05, 4.69) is 10.2 Å². The zero-order valence-electron chi connectivity index (χ0n) is 11.7. The number of urea groups is 1. The minimum atomic E-state index is -0.308. The summed E-state index contributed by atoms with van der Waals surface area (Å²) in [6.07, 6.45) is 1.95. The number of amides is 3. The summed E-state index contributed by atoms with van der Waals surface area (Å²) in [4.78, 5) is 27.1. The number of hydrogen-bond donors (Lipinski definition) is 1. The van der Waals surface area contributed by atoms with Crippen molar-refractivity contribution in [3.8, 4) is 0 Å². The van der Waals surface area contributed by atoms with Gasteiger partial charge in [0.15, 0.2) is 0 Å². The minimum absolute atomic E-state index is 0.125. The summed E-state index contributed by atoms with van der Waals surface area (Å²) in [6, 6.07) is 6.25. The highest BCUT2D eigenvalue weighted by molar-refractivity contribution is 5.96. The van der Waals surface area contributed by atoms with E-state index in [0.29, 0.717) is 13.1 Å². The van der Waals surface area contributed by atoms with Gasteiger partial charge in [0.1, 0.15) is 5.82 Å². The fraction of sp³-hybridized carbons (Fsp3) is 0.467. The van der Waals surface area contributed by atoms with Gasteiger partial charge < -0.3 is 5.32 Å². The molecule has 2 aliphatic heterocycles. The second-order valence-corrected chi connectivity index (χ2v) is 5.46. The molecule has 0 bridgehead atoms. The summed E-state index contributed by atoms with van der Waals surface area (Å²) < 4.78 is 13.0. The van der Waals surface area contributed by atoms with E-state index in [1.54, 1.807) is 12.1 Å². The molecule has 2 saturated heterocycles. The number of nitrogens with zero attached hydrogens (tertiary/aromatic N) is 2. The van der Waals surface area contributed by atoms with Crippen LogP contribution in [0.2, 0.25) is 0 Å². The van der Waals surface area contributed by atoms with Gasteiger partial charge in [0, 0.05) is 19.1 Å². The molecule has 0 unspecified atom stereocenters. The molecule has 3 amide bonds. The third-order valence-electron chi connectivity index (χ3n) is 4.11. The van der Waals surface area contributed by atoms with Gasteiger partial charge in [0.25, 0.3) is 0 Å². The van der Waals surface area contributed by atoms with Gasteiger partial charge in [0.2, 0.25) is 5.91 Å². The Morgan fingerprint density at radius 3 is 2.71 bits per heavy atom. The number of carbonyl (C=O) groups is 2. The lowest BCUT2D eigenvalue weighted by atomic mass is 10.0. The van der Waals surface area contributed by atoms with Crippen molar-refractivity contribution >= 4 is 11.9 Å². The number of likely N-dealkylation sites (tertiary alicyclic amines) is 1. The van der Waals surface area contributed by atoms with Gasteiger partial charge in [-0.2, -0.15) is 0 Å². The molecule has 112 valence electrons. The first-order valence-electron chi connectivity index (χ1n) is 7.23. The van der Waals surface area contributed by atoms with Crippen molar-refractivity contribution in [3.05, 3.63) is 35.6 Å². The molecule has 0 aromatic heterocycles. The summed E-state index contributed by atoms with van der Waals surface area (Å²) in [7, 11) is 0. The number of rotatable bonds is 3. The maximum Gasteiger partial charge on any atom is 0.324 e. The molecule has 1 aromatic rings. The fourth-order valence-corrected chi connectivity index (χ4v) is 3.05. The predicted octanol–water partition coefficient (Wildman–Crippen LogP) is 1.51. The molecule has 21 heavy (non-hydrogen) atoms. The van der Waals surface area contributed by atoms with Gasteiger partial charge >= 0.3 is 6.03 Å². The summed E-state index contributed by atoms with van der Waals surface area (Å²) in [6.45, 7) is 2.01. The van der Waals surface area contributed by atoms with E-state index in [9.17, 15) is 14.0 Å². The average molecular weight is 291 g/mol. The van der Waals surface area contributed by atoms with Crippen molar-refractivity contribution in [1.82, 2.24) is 15.1 Å². The third-order valence-corrected chi connectivity index (χ3v) is 4.11. The highest BCUT2D eigenvalue weighted by atomic mass is 19.1. The summed E-state index contributed by atoms with van der Waals surface area (Å²) >= 11 is 0. The van der Waals surface area contributed by atoms with Gasteiger partial charge in [0.05, 0.1) is 6.54 Å². The smallest absolute Gasteiger partial charge is 0.324 e. The highest BCUT2D eigenvalue weighted by Gasteiger charge is 2.32. The zero-order valence-corrected chi connectivity index (χ0v) is 11.7. The molecule has 2 aliphatic rings. The second kappa shape index (κ2) is 5.81. The van der Waals surface area contributed by atoms with Crippen LogP contribution in [-0.2, 0) is 4.79 Å². The number of benzene rings is 1. The first-order valence-corrected chi connectivity index (χ1v) is 7.23. The van der Waals surface area contributed by atoms with Crippen molar-refractivity contribution in [1.29, 1.82) is 0 Å². The van der Waals surface area contributed by atoms with E-state index < -0.39 is 0 Å². The van der Waals surface area contributed by atoms with E-state index in [1.807, 2.05) is 0 Å². The SMILES string of the molecule is O=C(CN1CCC[C@@H]1c1ccc(F)cc1)N1CCNC1=O. The first kappa shape index (κ1) is 14.0. The van der Waals surface area contributed by atoms with E-state index in [1.165, 1.54) is 17.0 Å². The van der Waals surface area contributed by atoms with Crippen molar-refractivity contribution in [2.45, 2.75) is 18.9 Å². The Hall–Kier alpha value is -1.95. The van der Waals surface area contributed by atoms with Gasteiger partial charge in [-0.25, -0.2) is 9.18 Å². The summed E-state index contributed by atoms with van der Waals surface area (Å²) in [5.41, 5.74) is 1.02. The maximum absolute atomic E-state index is 13.0. The van der Waals surface area contributed by atoms with E-state index >= 15 is 0 Å². The maximum atomic E-state index is 13.0. The Morgan fingerprint density at radius 2 is 2.05 bits per heavy atom. The topological polar surface area (TPSA) is 52.7 Å². The van der Waals surface area contributed by atoms with Crippen LogP contribution >= 0.6 is 0 Å². The quantitative estimate of drug-likeness (QED) is 0.918. The van der Waals surface area contributed by atoms with Gasteiger partial charge in [-0.15, -0.1) is 0 Å². The Labute approximate surface area is 122 Å². The molecule has 1 aromatic carbocycles. The van der Waals surface area contributed by atoms with Crippen molar-refractivity contribution in [2.24, 2.45) is 0 Å². The van der Waals surface area contributed by atoms with Crippen LogP contribution in [0.25, 0.3) is 0 Å². The van der Waals surface area contributed by atoms with Gasteiger partial charge in [-0.05, 0) is 37.1 Å².